The minimum atomic E-state index is 0.604. The molecule has 59 heavy (non-hydrogen) atoms. The van der Waals surface area contributed by atoms with Crippen molar-refractivity contribution >= 4 is 65.4 Å². The third-order valence-electron chi connectivity index (χ3n) is 12.2. The molecule has 0 atom stereocenters. The van der Waals surface area contributed by atoms with Gasteiger partial charge in [0.05, 0.1) is 50.4 Å². The number of nitriles is 1. The second-order valence-electron chi connectivity index (χ2n) is 16.5. The molecule has 282 valence electrons. The lowest BCUT2D eigenvalue weighted by Gasteiger charge is -2.22. The van der Waals surface area contributed by atoms with E-state index in [2.05, 4.69) is 183 Å². The number of pyridine rings is 1. The van der Waals surface area contributed by atoms with Crippen molar-refractivity contribution in [2.75, 3.05) is 0 Å². The molecule has 7 aromatic carbocycles. The zero-order chi connectivity index (χ0) is 40.3. The molecule has 4 aromatic heterocycles. The van der Waals surface area contributed by atoms with Crippen LogP contribution in [0.1, 0.15) is 38.9 Å². The topological polar surface area (TPSA) is 51.5 Å². The van der Waals surface area contributed by atoms with Crippen molar-refractivity contribution in [1.29, 1.82) is 5.26 Å². The molecule has 11 rings (SSSR count). The van der Waals surface area contributed by atoms with Gasteiger partial charge in [0, 0.05) is 37.9 Å². The van der Waals surface area contributed by atoms with Gasteiger partial charge >= 0.3 is 0 Å². The van der Waals surface area contributed by atoms with Gasteiger partial charge in [-0.3, -0.25) is 9.13 Å². The van der Waals surface area contributed by atoms with Gasteiger partial charge in [0.25, 0.3) is 0 Å². The maximum absolute atomic E-state index is 10.3. The lowest BCUT2D eigenvalue weighted by atomic mass is 10.0. The molecule has 0 amide bonds. The van der Waals surface area contributed by atoms with Crippen LogP contribution in [0.3, 0.4) is 0 Å². The van der Waals surface area contributed by atoms with E-state index < -0.39 is 0 Å². The van der Waals surface area contributed by atoms with Crippen molar-refractivity contribution in [3.8, 4) is 34.5 Å². The Morgan fingerprint density at radius 3 is 1.17 bits per heavy atom. The predicted octanol–water partition coefficient (Wildman–Crippen LogP) is 13.8. The summed E-state index contributed by atoms with van der Waals surface area (Å²) in [6.45, 7) is 13.0. The zero-order valence-electron chi connectivity index (χ0n) is 34.0. The molecule has 0 fully saturated rings. The van der Waals surface area contributed by atoms with Gasteiger partial charge in [0.15, 0.2) is 5.82 Å². The second kappa shape index (κ2) is 12.8. The SMILES string of the molecule is Cc1ccc2c(c1)c1cc(C)ccc1n2-c1cc(-c2cccc(C#N)c2)c(-n2c3ccc(C)cc3c3cc(C)ccc32)c(-n2c3ccc(C)cc3c3cc(C)ccc32)n1. The Kier molecular flexibility index (Phi) is 7.55. The smallest absolute Gasteiger partial charge is 0.165 e. The summed E-state index contributed by atoms with van der Waals surface area (Å²) in [7, 11) is 0. The van der Waals surface area contributed by atoms with Crippen molar-refractivity contribution in [1.82, 2.24) is 18.7 Å². The van der Waals surface area contributed by atoms with Crippen LogP contribution >= 0.6 is 0 Å². The van der Waals surface area contributed by atoms with Crippen molar-refractivity contribution in [2.24, 2.45) is 0 Å². The number of hydrogen-bond acceptors (Lipinski definition) is 2. The number of benzene rings is 7. The largest absolute Gasteiger partial charge is 0.305 e. The first-order valence-electron chi connectivity index (χ1n) is 20.3. The van der Waals surface area contributed by atoms with E-state index in [1.165, 1.54) is 65.7 Å². The molecule has 11 aromatic rings. The highest BCUT2D eigenvalue weighted by atomic mass is 15.2. The van der Waals surface area contributed by atoms with Gasteiger partial charge in [-0.1, -0.05) is 81.9 Å². The lowest BCUT2D eigenvalue weighted by molar-refractivity contribution is 0.984. The van der Waals surface area contributed by atoms with Crippen molar-refractivity contribution in [3.05, 3.63) is 178 Å². The summed E-state index contributed by atoms with van der Waals surface area (Å²) in [5.74, 6) is 1.61. The zero-order valence-corrected chi connectivity index (χ0v) is 34.0. The standard InChI is InChI=1S/C54H41N5/c1-31-10-16-46-40(22-31)41-23-32(2)11-17-47(41)57(46)52-29-39(38-9-7-8-37(28-38)30-55)53(58-48-18-12-33(3)24-42(48)43-25-34(4)13-19-49(43)58)54(56-52)59-50-20-14-35(5)26-44(50)45-27-36(6)15-21-51(45)59/h7-29H,1-6H3. The van der Waals surface area contributed by atoms with Gasteiger partial charge in [-0.05, 0) is 138 Å². The fourth-order valence-corrected chi connectivity index (χ4v) is 9.45. The molecule has 0 aliphatic rings. The van der Waals surface area contributed by atoms with Crippen LogP contribution in [-0.2, 0) is 0 Å². The van der Waals surface area contributed by atoms with Crippen LogP contribution < -0.4 is 0 Å². The third-order valence-corrected chi connectivity index (χ3v) is 12.2. The van der Waals surface area contributed by atoms with E-state index in [1.807, 2.05) is 18.2 Å². The van der Waals surface area contributed by atoms with Gasteiger partial charge in [0.2, 0.25) is 0 Å². The monoisotopic (exact) mass is 759 g/mol. The summed E-state index contributed by atoms with van der Waals surface area (Å²) in [5.41, 5.74) is 17.3. The maximum Gasteiger partial charge on any atom is 0.165 e. The van der Waals surface area contributed by atoms with Crippen molar-refractivity contribution in [3.63, 3.8) is 0 Å². The van der Waals surface area contributed by atoms with Gasteiger partial charge in [-0.15, -0.1) is 0 Å². The fourth-order valence-electron chi connectivity index (χ4n) is 9.45. The van der Waals surface area contributed by atoms with Crippen LogP contribution in [0.25, 0.3) is 93.9 Å². The van der Waals surface area contributed by atoms with Crippen LogP contribution in [-0.4, -0.2) is 18.7 Å². The summed E-state index contributed by atoms with van der Waals surface area (Å²) in [5, 5.41) is 17.4. The van der Waals surface area contributed by atoms with E-state index >= 15 is 0 Å². The summed E-state index contributed by atoms with van der Waals surface area (Å²) in [4.78, 5) is 5.92. The highest BCUT2D eigenvalue weighted by molar-refractivity contribution is 6.13. The van der Waals surface area contributed by atoms with Gasteiger partial charge in [-0.2, -0.15) is 5.26 Å². The number of hydrogen-bond donors (Lipinski definition) is 0. The fraction of sp³-hybridized carbons (Fsp3) is 0.111. The molecule has 0 radical (unpaired) electrons. The Hall–Kier alpha value is -7.42. The number of fused-ring (bicyclic) bond motifs is 9. The molecular formula is C54H41N5. The van der Waals surface area contributed by atoms with E-state index in [9.17, 15) is 5.26 Å². The maximum atomic E-state index is 10.3. The molecule has 0 aliphatic heterocycles. The third kappa shape index (κ3) is 5.26. The Morgan fingerprint density at radius 1 is 0.407 bits per heavy atom. The molecule has 0 N–H and O–H groups in total. The van der Waals surface area contributed by atoms with E-state index in [-0.39, 0.29) is 0 Å². The molecule has 0 saturated heterocycles. The quantitative estimate of drug-likeness (QED) is 0.179. The summed E-state index contributed by atoms with van der Waals surface area (Å²) < 4.78 is 7.13. The Morgan fingerprint density at radius 2 is 0.780 bits per heavy atom. The summed E-state index contributed by atoms with van der Waals surface area (Å²) in [6, 6.07) is 53.2. The van der Waals surface area contributed by atoms with Crippen LogP contribution in [0.4, 0.5) is 0 Å². The van der Waals surface area contributed by atoms with Gasteiger partial charge in [-0.25, -0.2) is 4.98 Å². The lowest BCUT2D eigenvalue weighted by Crippen LogP contribution is -2.11. The van der Waals surface area contributed by atoms with Crippen molar-refractivity contribution < 1.29 is 0 Å². The van der Waals surface area contributed by atoms with Crippen LogP contribution in [0.5, 0.6) is 0 Å². The van der Waals surface area contributed by atoms with E-state index in [0.29, 0.717) is 5.56 Å². The minimum Gasteiger partial charge on any atom is -0.305 e. The second-order valence-corrected chi connectivity index (χ2v) is 16.5. The Balaban J connectivity index is 1.41. The first kappa shape index (κ1) is 34.8. The highest BCUT2D eigenvalue weighted by Crippen LogP contribution is 2.44. The molecule has 0 saturated carbocycles. The normalized spacial score (nSPS) is 11.9. The molecule has 5 heteroatoms. The first-order valence-corrected chi connectivity index (χ1v) is 20.3. The van der Waals surface area contributed by atoms with Crippen molar-refractivity contribution in [2.45, 2.75) is 41.5 Å². The minimum absolute atomic E-state index is 0.604. The number of aromatic nitrogens is 4. The van der Waals surface area contributed by atoms with E-state index in [4.69, 9.17) is 4.98 Å². The molecule has 0 aliphatic carbocycles. The first-order chi connectivity index (χ1) is 28.6. The van der Waals surface area contributed by atoms with Gasteiger partial charge in [0.1, 0.15) is 5.82 Å². The number of nitrogens with zero attached hydrogens (tertiary/aromatic N) is 5. The molecule has 0 spiro atoms. The van der Waals surface area contributed by atoms with E-state index in [1.54, 1.807) is 0 Å². The average Bonchev–Trinajstić information content (AvgIpc) is 3.84. The van der Waals surface area contributed by atoms with Gasteiger partial charge < -0.3 is 4.57 Å². The summed E-state index contributed by atoms with van der Waals surface area (Å²) in [6.07, 6.45) is 0. The Bertz CT molecular complexity index is 3460. The highest BCUT2D eigenvalue weighted by Gasteiger charge is 2.27. The summed E-state index contributed by atoms with van der Waals surface area (Å²) >= 11 is 0. The van der Waals surface area contributed by atoms with Crippen LogP contribution in [0, 0.1) is 52.9 Å². The Labute approximate surface area is 342 Å². The molecular weight excluding hydrogens is 719 g/mol. The number of aryl methyl sites for hydroxylation is 6. The van der Waals surface area contributed by atoms with Crippen LogP contribution in [0.2, 0.25) is 0 Å². The molecule has 0 bridgehead atoms. The van der Waals surface area contributed by atoms with Crippen LogP contribution in [0.15, 0.2) is 140 Å². The molecule has 4 heterocycles. The molecule has 0 unspecified atom stereocenters. The average molecular weight is 760 g/mol. The predicted molar refractivity (Wildman–Crippen MR) is 246 cm³/mol. The molecule has 5 nitrogen and oxygen atoms in total. The van der Waals surface area contributed by atoms with E-state index in [0.717, 1.165) is 61.6 Å². The number of rotatable bonds is 4.